The third kappa shape index (κ3) is 3.61. The van der Waals surface area contributed by atoms with E-state index in [4.69, 9.17) is 4.74 Å². The van der Waals surface area contributed by atoms with Crippen LogP contribution in [0.25, 0.3) is 22.2 Å². The van der Waals surface area contributed by atoms with Crippen molar-refractivity contribution >= 4 is 45.3 Å². The number of methoxy groups -OCH3 is 1. The van der Waals surface area contributed by atoms with Crippen LogP contribution in [0, 0.1) is 3.70 Å². The molecule has 0 saturated carbocycles. The van der Waals surface area contributed by atoms with Crippen molar-refractivity contribution in [3.05, 3.63) is 26.2 Å². The van der Waals surface area contributed by atoms with Crippen molar-refractivity contribution < 1.29 is 17.9 Å². The summed E-state index contributed by atoms with van der Waals surface area (Å²) in [5, 5.41) is 3.29. The summed E-state index contributed by atoms with van der Waals surface area (Å²) in [6.07, 6.45) is -4.48. The van der Waals surface area contributed by atoms with Crippen LogP contribution in [-0.2, 0) is 6.18 Å². The van der Waals surface area contributed by atoms with Gasteiger partial charge in [-0.15, -0.1) is 11.3 Å². The Bertz CT molecular complexity index is 849. The molecule has 23 heavy (non-hydrogen) atoms. The first-order chi connectivity index (χ1) is 10.9. The number of alkyl halides is 3. The van der Waals surface area contributed by atoms with Gasteiger partial charge in [-0.25, -0.2) is 19.9 Å². The lowest BCUT2D eigenvalue weighted by atomic mass is 10.3. The molecule has 5 nitrogen and oxygen atoms in total. The van der Waals surface area contributed by atoms with E-state index in [0.717, 1.165) is 16.7 Å². The van der Waals surface area contributed by atoms with E-state index in [-0.39, 0.29) is 10.8 Å². The zero-order valence-electron chi connectivity index (χ0n) is 11.3. The zero-order valence-corrected chi connectivity index (χ0v) is 15.0. The van der Waals surface area contributed by atoms with Crippen LogP contribution in [0.1, 0.15) is 5.69 Å². The molecular formula is C12H6F3IN4OS2. The normalized spacial score (nSPS) is 11.7. The largest absolute Gasteiger partial charge is 0.473 e. The van der Waals surface area contributed by atoms with E-state index in [1.54, 1.807) is 11.4 Å². The quantitative estimate of drug-likeness (QED) is 0.421. The van der Waals surface area contributed by atoms with Crippen LogP contribution in [-0.4, -0.2) is 27.0 Å². The zero-order chi connectivity index (χ0) is 16.6. The van der Waals surface area contributed by atoms with Crippen molar-refractivity contribution in [1.29, 1.82) is 0 Å². The van der Waals surface area contributed by atoms with E-state index in [1.165, 1.54) is 18.4 Å². The highest BCUT2D eigenvalue weighted by Crippen LogP contribution is 2.33. The molecule has 0 amide bonds. The fourth-order valence-corrected chi connectivity index (χ4v) is 3.53. The van der Waals surface area contributed by atoms with E-state index in [1.807, 2.05) is 22.6 Å². The van der Waals surface area contributed by atoms with Gasteiger partial charge in [0.15, 0.2) is 16.5 Å². The van der Waals surface area contributed by atoms with Crippen LogP contribution in [0.4, 0.5) is 13.2 Å². The van der Waals surface area contributed by atoms with E-state index in [0.29, 0.717) is 20.3 Å². The van der Waals surface area contributed by atoms with E-state index >= 15 is 0 Å². The topological polar surface area (TPSA) is 60.8 Å². The second-order valence-electron chi connectivity index (χ2n) is 4.14. The number of halogens is 4. The smallest absolute Gasteiger partial charge is 0.434 e. The van der Waals surface area contributed by atoms with Crippen LogP contribution >= 0.6 is 45.3 Å². The summed E-state index contributed by atoms with van der Waals surface area (Å²) in [6.45, 7) is 0. The first kappa shape index (κ1) is 16.5. The Morgan fingerprint density at radius 1 is 1.04 bits per heavy atom. The van der Waals surface area contributed by atoms with Gasteiger partial charge in [-0.05, 0) is 28.7 Å². The van der Waals surface area contributed by atoms with Gasteiger partial charge in [-0.2, -0.15) is 13.2 Å². The molecule has 11 heteroatoms. The summed E-state index contributed by atoms with van der Waals surface area (Å²) in [7, 11) is 1.51. The van der Waals surface area contributed by atoms with Crippen molar-refractivity contribution in [2.45, 2.75) is 6.18 Å². The van der Waals surface area contributed by atoms with Gasteiger partial charge in [0.2, 0.25) is 0 Å². The Labute approximate surface area is 149 Å². The summed E-state index contributed by atoms with van der Waals surface area (Å²) >= 11 is 4.12. The number of rotatable bonds is 3. The standard InChI is InChI=1S/C12H6F3IN4OS2/c1-21-11-18-6(3-23-11)5-2-8(16)20-9(17-5)10-19-7(4-22-10)12(13,14)15/h2-4H,1H3. The average molecular weight is 470 g/mol. The lowest BCUT2D eigenvalue weighted by molar-refractivity contribution is -0.140. The third-order valence-electron chi connectivity index (χ3n) is 2.60. The predicted octanol–water partition coefficient (Wildman–Crippen LogP) is 4.36. The number of thiazole rings is 2. The highest BCUT2D eigenvalue weighted by Gasteiger charge is 2.34. The van der Waals surface area contributed by atoms with Gasteiger partial charge in [0.25, 0.3) is 5.19 Å². The molecule has 0 unspecified atom stereocenters. The highest BCUT2D eigenvalue weighted by atomic mass is 127. The van der Waals surface area contributed by atoms with E-state index in [9.17, 15) is 13.2 Å². The SMILES string of the molecule is COc1nc(-c2cc(I)nc(-c3nc(C(F)(F)F)cs3)n2)cs1. The molecule has 0 bridgehead atoms. The first-order valence-electron chi connectivity index (χ1n) is 5.94. The maximum absolute atomic E-state index is 12.7. The molecule has 0 aliphatic carbocycles. The van der Waals surface area contributed by atoms with Crippen LogP contribution < -0.4 is 4.74 Å². The number of hydrogen-bond donors (Lipinski definition) is 0. The predicted molar refractivity (Wildman–Crippen MR) is 88.5 cm³/mol. The van der Waals surface area contributed by atoms with Crippen molar-refractivity contribution in [3.63, 3.8) is 0 Å². The minimum absolute atomic E-state index is 0.110. The molecule has 0 aliphatic rings. The van der Waals surface area contributed by atoms with Crippen LogP contribution in [0.5, 0.6) is 5.19 Å². The Balaban J connectivity index is 2.02. The van der Waals surface area contributed by atoms with Crippen LogP contribution in [0.3, 0.4) is 0 Å². The Morgan fingerprint density at radius 3 is 2.43 bits per heavy atom. The fraction of sp³-hybridized carbons (Fsp3) is 0.167. The molecule has 0 spiro atoms. The maximum Gasteiger partial charge on any atom is 0.434 e. The van der Waals surface area contributed by atoms with E-state index in [2.05, 4.69) is 19.9 Å². The van der Waals surface area contributed by atoms with Gasteiger partial charge in [-0.3, -0.25) is 0 Å². The number of aromatic nitrogens is 4. The second-order valence-corrected chi connectivity index (χ2v) is 6.92. The van der Waals surface area contributed by atoms with Gasteiger partial charge >= 0.3 is 6.18 Å². The molecule has 3 rings (SSSR count). The molecule has 120 valence electrons. The van der Waals surface area contributed by atoms with Gasteiger partial charge in [0.1, 0.15) is 9.39 Å². The fourth-order valence-electron chi connectivity index (χ4n) is 1.62. The maximum atomic E-state index is 12.7. The van der Waals surface area contributed by atoms with E-state index < -0.39 is 11.9 Å². The van der Waals surface area contributed by atoms with Gasteiger partial charge in [0.05, 0.1) is 12.8 Å². The molecule has 0 atom stereocenters. The third-order valence-corrected chi connectivity index (χ3v) is 4.79. The minimum Gasteiger partial charge on any atom is -0.473 e. The minimum atomic E-state index is -4.48. The first-order valence-corrected chi connectivity index (χ1v) is 8.78. The van der Waals surface area contributed by atoms with Gasteiger partial charge in [-0.1, -0.05) is 11.3 Å². The highest BCUT2D eigenvalue weighted by molar-refractivity contribution is 14.1. The molecule has 0 N–H and O–H groups in total. The summed E-state index contributed by atoms with van der Waals surface area (Å²) in [5.74, 6) is 0.138. The Kier molecular flexibility index (Phi) is 4.51. The van der Waals surface area contributed by atoms with Crippen LogP contribution in [0.15, 0.2) is 16.8 Å². The van der Waals surface area contributed by atoms with Gasteiger partial charge in [0, 0.05) is 10.8 Å². The van der Waals surface area contributed by atoms with Crippen molar-refractivity contribution in [1.82, 2.24) is 19.9 Å². The summed E-state index contributed by atoms with van der Waals surface area (Å²) in [4.78, 5) is 16.2. The molecule has 0 radical (unpaired) electrons. The molecule has 3 heterocycles. The number of nitrogens with zero attached hydrogens (tertiary/aromatic N) is 4. The lowest BCUT2D eigenvalue weighted by Crippen LogP contribution is -2.05. The molecule has 3 aromatic rings. The Morgan fingerprint density at radius 2 is 1.83 bits per heavy atom. The van der Waals surface area contributed by atoms with Crippen molar-refractivity contribution in [2.75, 3.05) is 7.11 Å². The van der Waals surface area contributed by atoms with Gasteiger partial charge < -0.3 is 4.74 Å². The van der Waals surface area contributed by atoms with Crippen LogP contribution in [0.2, 0.25) is 0 Å². The molecule has 3 aromatic heterocycles. The number of hydrogen-bond acceptors (Lipinski definition) is 7. The van der Waals surface area contributed by atoms with Crippen molar-refractivity contribution in [3.8, 4) is 27.4 Å². The molecule has 0 aliphatic heterocycles. The summed E-state index contributed by atoms with van der Waals surface area (Å²) in [6, 6.07) is 1.69. The lowest BCUT2D eigenvalue weighted by Gasteiger charge is -2.02. The molecule has 0 saturated heterocycles. The average Bonchev–Trinajstić information content (AvgIpc) is 3.15. The number of ether oxygens (including phenoxy) is 1. The molecular weight excluding hydrogens is 464 g/mol. The monoisotopic (exact) mass is 470 g/mol. The summed E-state index contributed by atoms with van der Waals surface area (Å²) < 4.78 is 43.6. The van der Waals surface area contributed by atoms with Crippen molar-refractivity contribution in [2.24, 2.45) is 0 Å². The second kappa shape index (κ2) is 6.28. The summed E-state index contributed by atoms with van der Waals surface area (Å²) in [5.41, 5.74) is 0.126. The molecule has 0 aromatic carbocycles. The Hall–Kier alpha value is -1.34. The molecule has 0 fully saturated rings.